The van der Waals surface area contributed by atoms with E-state index in [0.29, 0.717) is 37.1 Å². The Bertz CT molecular complexity index is 722. The van der Waals surface area contributed by atoms with E-state index in [-0.39, 0.29) is 23.6 Å². The summed E-state index contributed by atoms with van der Waals surface area (Å²) < 4.78 is 5.14. The van der Waals surface area contributed by atoms with Crippen LogP contribution in [0.1, 0.15) is 45.6 Å². The largest absolute Gasteiger partial charge is 0.385 e. The first kappa shape index (κ1) is 25.0. The first-order chi connectivity index (χ1) is 14.8. The lowest BCUT2D eigenvalue weighted by Gasteiger charge is -2.39. The second-order valence-corrected chi connectivity index (χ2v) is 8.92. The number of amidine groups is 2. The molecule has 1 heterocycles. The quantitative estimate of drug-likeness (QED) is 0.319. The van der Waals surface area contributed by atoms with Crippen molar-refractivity contribution in [3.8, 4) is 0 Å². The molecule has 1 fully saturated rings. The van der Waals surface area contributed by atoms with Gasteiger partial charge in [0, 0.05) is 45.0 Å². The van der Waals surface area contributed by atoms with E-state index in [0.717, 1.165) is 32.4 Å². The van der Waals surface area contributed by atoms with E-state index in [1.807, 2.05) is 35.2 Å². The summed E-state index contributed by atoms with van der Waals surface area (Å²) in [6.45, 7) is 9.76. The van der Waals surface area contributed by atoms with Crippen LogP contribution >= 0.6 is 0 Å². The van der Waals surface area contributed by atoms with Crippen molar-refractivity contribution in [2.75, 3.05) is 39.9 Å². The summed E-state index contributed by atoms with van der Waals surface area (Å²) in [5, 5.41) is 20.9. The molecule has 31 heavy (non-hydrogen) atoms. The minimum absolute atomic E-state index is 0.0697. The molecule has 1 aliphatic rings. The van der Waals surface area contributed by atoms with Crippen molar-refractivity contribution < 1.29 is 9.53 Å². The molecule has 1 amide bonds. The maximum Gasteiger partial charge on any atom is 0.289 e. The molecule has 172 valence electrons. The van der Waals surface area contributed by atoms with Crippen LogP contribution in [0.4, 0.5) is 0 Å². The van der Waals surface area contributed by atoms with Crippen LogP contribution in [0.15, 0.2) is 30.3 Å². The molecule has 0 aromatic heterocycles. The molecule has 1 aliphatic heterocycles. The molecule has 1 unspecified atom stereocenters. The molecule has 0 bridgehead atoms. The summed E-state index contributed by atoms with van der Waals surface area (Å²) in [5.41, 5.74) is 0.704. The van der Waals surface area contributed by atoms with Crippen molar-refractivity contribution >= 4 is 17.6 Å². The number of benzene rings is 1. The number of hydrogen-bond donors (Lipinski definition) is 3. The van der Waals surface area contributed by atoms with E-state index in [1.54, 1.807) is 12.0 Å². The minimum atomic E-state index is -0.290. The Labute approximate surface area is 187 Å². The summed E-state index contributed by atoms with van der Waals surface area (Å²) in [5.74, 6) is 0.573. The molecule has 0 spiro atoms. The second kappa shape index (κ2) is 12.6. The number of piperidine rings is 1. The predicted octanol–water partition coefficient (Wildman–Crippen LogP) is 3.20. The average Bonchev–Trinajstić information content (AvgIpc) is 2.76. The standard InChI is InChI=1S/C24H39N5O2/c1-18(2)17-29(21-14-19(3)15-27-16-21)24(30)23(26)28(12-8-9-13-31-4)22(25)20-10-6-5-7-11-20/h5-7,10-11,18-19,21,25-27H,8-9,12-17H2,1-4H3/t19?,21-/m0/s1. The molecular formula is C24H39N5O2. The van der Waals surface area contributed by atoms with E-state index >= 15 is 0 Å². The highest BCUT2D eigenvalue weighted by Gasteiger charge is 2.33. The van der Waals surface area contributed by atoms with E-state index in [9.17, 15) is 4.79 Å². The third-order valence-electron chi connectivity index (χ3n) is 5.58. The monoisotopic (exact) mass is 429 g/mol. The van der Waals surface area contributed by atoms with Crippen molar-refractivity contribution in [3.63, 3.8) is 0 Å². The molecule has 2 rings (SSSR count). The number of amides is 1. The van der Waals surface area contributed by atoms with Gasteiger partial charge in [-0.15, -0.1) is 0 Å². The maximum absolute atomic E-state index is 13.6. The van der Waals surface area contributed by atoms with E-state index < -0.39 is 0 Å². The molecule has 0 saturated carbocycles. The van der Waals surface area contributed by atoms with E-state index in [2.05, 4.69) is 26.1 Å². The Morgan fingerprint density at radius 3 is 2.52 bits per heavy atom. The van der Waals surface area contributed by atoms with Gasteiger partial charge in [0.15, 0.2) is 5.84 Å². The summed E-state index contributed by atoms with van der Waals surface area (Å²) in [7, 11) is 1.67. The highest BCUT2D eigenvalue weighted by Crippen LogP contribution is 2.18. The van der Waals surface area contributed by atoms with Crippen LogP contribution in [0.2, 0.25) is 0 Å². The van der Waals surface area contributed by atoms with Gasteiger partial charge < -0.3 is 19.9 Å². The number of nitrogens with one attached hydrogen (secondary N) is 3. The SMILES string of the molecule is COCCCCN(C(=N)C(=O)N(CC(C)C)[C@@H]1CNCC(C)C1)C(=N)c1ccccc1. The average molecular weight is 430 g/mol. The van der Waals surface area contributed by atoms with Crippen LogP contribution in [0.3, 0.4) is 0 Å². The highest BCUT2D eigenvalue weighted by atomic mass is 16.5. The fraction of sp³-hybridized carbons (Fsp3) is 0.625. The van der Waals surface area contributed by atoms with Crippen LogP contribution in [-0.2, 0) is 9.53 Å². The fourth-order valence-electron chi connectivity index (χ4n) is 4.01. The molecule has 7 heteroatoms. The molecule has 0 radical (unpaired) electrons. The van der Waals surface area contributed by atoms with Gasteiger partial charge in [-0.25, -0.2) is 0 Å². The number of ether oxygens (including phenoxy) is 1. The number of rotatable bonds is 9. The molecule has 7 nitrogen and oxygen atoms in total. The molecular weight excluding hydrogens is 390 g/mol. The summed E-state index contributed by atoms with van der Waals surface area (Å²) in [4.78, 5) is 17.0. The zero-order valence-corrected chi connectivity index (χ0v) is 19.5. The van der Waals surface area contributed by atoms with Crippen LogP contribution in [0, 0.1) is 22.7 Å². The van der Waals surface area contributed by atoms with Crippen molar-refractivity contribution in [2.45, 2.75) is 46.1 Å². The van der Waals surface area contributed by atoms with E-state index in [4.69, 9.17) is 15.6 Å². The van der Waals surface area contributed by atoms with Gasteiger partial charge in [-0.05, 0) is 37.6 Å². The minimum Gasteiger partial charge on any atom is -0.385 e. The van der Waals surface area contributed by atoms with Gasteiger partial charge in [-0.3, -0.25) is 15.6 Å². The first-order valence-corrected chi connectivity index (χ1v) is 11.4. The van der Waals surface area contributed by atoms with Crippen molar-refractivity contribution in [2.24, 2.45) is 11.8 Å². The molecule has 3 N–H and O–H groups in total. The van der Waals surface area contributed by atoms with Crippen molar-refractivity contribution in [1.82, 2.24) is 15.1 Å². The van der Waals surface area contributed by atoms with Gasteiger partial charge in [0.2, 0.25) is 0 Å². The Morgan fingerprint density at radius 2 is 1.90 bits per heavy atom. The smallest absolute Gasteiger partial charge is 0.289 e. The molecule has 1 saturated heterocycles. The lowest BCUT2D eigenvalue weighted by molar-refractivity contribution is -0.128. The fourth-order valence-corrected chi connectivity index (χ4v) is 4.01. The Balaban J connectivity index is 2.23. The third-order valence-corrected chi connectivity index (χ3v) is 5.58. The van der Waals surface area contributed by atoms with Crippen LogP contribution in [0.25, 0.3) is 0 Å². The topological polar surface area (TPSA) is 92.5 Å². The van der Waals surface area contributed by atoms with Gasteiger partial charge >= 0.3 is 0 Å². The molecule has 2 atom stereocenters. The number of carbonyl (C=O) groups excluding carboxylic acids is 1. The predicted molar refractivity (Wildman–Crippen MR) is 126 cm³/mol. The van der Waals surface area contributed by atoms with E-state index in [1.165, 1.54) is 0 Å². The Morgan fingerprint density at radius 1 is 1.19 bits per heavy atom. The Hall–Kier alpha value is -2.25. The highest BCUT2D eigenvalue weighted by molar-refractivity contribution is 6.39. The molecule has 1 aromatic carbocycles. The summed E-state index contributed by atoms with van der Waals surface area (Å²) in [6.07, 6.45) is 2.49. The van der Waals surface area contributed by atoms with Gasteiger partial charge in [-0.2, -0.15) is 0 Å². The van der Waals surface area contributed by atoms with Gasteiger partial charge in [0.05, 0.1) is 0 Å². The molecule has 1 aromatic rings. The number of unbranched alkanes of at least 4 members (excludes halogenated alkanes) is 1. The molecule has 0 aliphatic carbocycles. The first-order valence-electron chi connectivity index (χ1n) is 11.4. The number of hydrogen-bond acceptors (Lipinski definition) is 5. The number of carbonyl (C=O) groups is 1. The summed E-state index contributed by atoms with van der Waals surface area (Å²) >= 11 is 0. The maximum atomic E-state index is 13.6. The van der Waals surface area contributed by atoms with Crippen molar-refractivity contribution in [3.05, 3.63) is 35.9 Å². The zero-order chi connectivity index (χ0) is 22.8. The summed E-state index contributed by atoms with van der Waals surface area (Å²) in [6, 6.07) is 9.41. The van der Waals surface area contributed by atoms with Gasteiger partial charge in [0.25, 0.3) is 5.91 Å². The number of nitrogens with zero attached hydrogens (tertiary/aromatic N) is 2. The third kappa shape index (κ3) is 7.43. The van der Waals surface area contributed by atoms with Gasteiger partial charge in [-0.1, -0.05) is 51.1 Å². The normalized spacial score (nSPS) is 18.6. The zero-order valence-electron chi connectivity index (χ0n) is 19.5. The number of methoxy groups -OCH3 is 1. The van der Waals surface area contributed by atoms with Crippen LogP contribution < -0.4 is 5.32 Å². The Kier molecular flexibility index (Phi) is 10.1. The van der Waals surface area contributed by atoms with Crippen LogP contribution in [0.5, 0.6) is 0 Å². The second-order valence-electron chi connectivity index (χ2n) is 8.92. The lowest BCUT2D eigenvalue weighted by atomic mass is 9.95. The lowest BCUT2D eigenvalue weighted by Crippen LogP contribution is -2.56. The van der Waals surface area contributed by atoms with Crippen molar-refractivity contribution in [1.29, 1.82) is 10.8 Å². The van der Waals surface area contributed by atoms with Crippen LogP contribution in [-0.4, -0.2) is 73.3 Å². The van der Waals surface area contributed by atoms with Gasteiger partial charge in [0.1, 0.15) is 5.84 Å².